The van der Waals surface area contributed by atoms with E-state index < -0.39 is 11.6 Å². The molecule has 0 N–H and O–H groups in total. The summed E-state index contributed by atoms with van der Waals surface area (Å²) < 4.78 is 59.7. The van der Waals surface area contributed by atoms with Gasteiger partial charge < -0.3 is 14.2 Å². The number of benzene rings is 3. The second-order valence-electron chi connectivity index (χ2n) is 8.67. The summed E-state index contributed by atoms with van der Waals surface area (Å²) in [7, 11) is 0. The van der Waals surface area contributed by atoms with Crippen molar-refractivity contribution in [2.45, 2.75) is 32.2 Å². The van der Waals surface area contributed by atoms with Crippen LogP contribution in [0.25, 0.3) is 22.3 Å². The molecule has 0 aromatic heterocycles. The molecule has 1 atom stereocenters. The lowest BCUT2D eigenvalue weighted by molar-refractivity contribution is -0.191. The second kappa shape index (κ2) is 9.29. The fourth-order valence-electron chi connectivity index (χ4n) is 4.20. The predicted octanol–water partition coefficient (Wildman–Crippen LogP) is 6.45. The maximum Gasteiger partial charge on any atom is 0.167 e. The topological polar surface area (TPSA) is 31.0 Å². The Morgan fingerprint density at radius 3 is 2.09 bits per heavy atom. The number of rotatable bonds is 6. The van der Waals surface area contributed by atoms with Gasteiger partial charge in [0.2, 0.25) is 0 Å². The number of hydrogen-bond donors (Lipinski definition) is 0. The summed E-state index contributed by atoms with van der Waals surface area (Å²) >= 11 is 0. The van der Waals surface area contributed by atoms with Crippen molar-refractivity contribution in [1.29, 1.82) is 0 Å². The monoisotopic (exact) mass is 454 g/mol. The van der Waals surface area contributed by atoms with Gasteiger partial charge in [-0.2, -0.15) is 0 Å². The van der Waals surface area contributed by atoms with E-state index in [1.165, 1.54) is 6.07 Å². The van der Waals surface area contributed by atoms with E-state index in [0.29, 0.717) is 37.4 Å². The first-order valence-electron chi connectivity index (χ1n) is 11.2. The summed E-state index contributed by atoms with van der Waals surface area (Å²) in [6.07, 6.45) is 0.896. The van der Waals surface area contributed by atoms with Gasteiger partial charge in [-0.1, -0.05) is 48.5 Å². The van der Waals surface area contributed by atoms with Crippen molar-refractivity contribution in [3.63, 3.8) is 0 Å². The van der Waals surface area contributed by atoms with Crippen LogP contribution in [-0.4, -0.2) is 26.1 Å². The molecule has 6 heteroatoms. The smallest absolute Gasteiger partial charge is 0.167 e. The molecular weight excluding hydrogens is 429 g/mol. The van der Waals surface area contributed by atoms with E-state index in [-0.39, 0.29) is 35.3 Å². The highest BCUT2D eigenvalue weighted by atomic mass is 19.2. The van der Waals surface area contributed by atoms with Crippen LogP contribution in [0.2, 0.25) is 0 Å². The fraction of sp³-hybridized carbons (Fsp3) is 0.333. The van der Waals surface area contributed by atoms with E-state index in [2.05, 4.69) is 0 Å². The maximum absolute atomic E-state index is 14.7. The zero-order valence-corrected chi connectivity index (χ0v) is 18.3. The van der Waals surface area contributed by atoms with Gasteiger partial charge in [-0.25, -0.2) is 13.2 Å². The van der Waals surface area contributed by atoms with Crippen molar-refractivity contribution in [1.82, 2.24) is 0 Å². The molecule has 0 radical (unpaired) electrons. The average molecular weight is 454 g/mol. The van der Waals surface area contributed by atoms with Crippen LogP contribution >= 0.6 is 0 Å². The van der Waals surface area contributed by atoms with E-state index in [9.17, 15) is 13.2 Å². The van der Waals surface area contributed by atoms with Crippen LogP contribution < -0.4 is 0 Å². The Hall–Kier alpha value is -2.67. The Morgan fingerprint density at radius 2 is 1.42 bits per heavy atom. The molecule has 1 unspecified atom stereocenters. The van der Waals surface area contributed by atoms with Crippen LogP contribution in [0.1, 0.15) is 30.6 Å². The minimum atomic E-state index is -0.880. The molecule has 0 amide bonds. The largest absolute Gasteiger partial charge is 0.368 e. The van der Waals surface area contributed by atoms with Gasteiger partial charge in [0.05, 0.1) is 19.8 Å². The summed E-state index contributed by atoms with van der Waals surface area (Å²) in [4.78, 5) is 0. The van der Waals surface area contributed by atoms with Crippen molar-refractivity contribution >= 4 is 0 Å². The predicted molar refractivity (Wildman–Crippen MR) is 119 cm³/mol. The van der Waals surface area contributed by atoms with Gasteiger partial charge in [-0.15, -0.1) is 0 Å². The van der Waals surface area contributed by atoms with Crippen molar-refractivity contribution in [3.05, 3.63) is 83.2 Å². The SMILES string of the molecule is CC1OCC(CCc2ccc(-c3ccc(-c4ccc(C5CO5)c(F)c4F)cc3)cc2F)CO1. The third kappa shape index (κ3) is 4.83. The minimum Gasteiger partial charge on any atom is -0.368 e. The van der Waals surface area contributed by atoms with Crippen LogP contribution in [0.3, 0.4) is 0 Å². The molecule has 2 fully saturated rings. The van der Waals surface area contributed by atoms with Gasteiger partial charge in [-0.3, -0.25) is 0 Å². The molecule has 2 saturated heterocycles. The standard InChI is InChI=1S/C27H25F3O3/c1-16-31-13-17(14-32-16)2-3-20-8-9-21(12-24(20)28)18-4-6-19(7-5-18)22-10-11-23(25-15-33-25)27(30)26(22)29/h4-12,16-17,25H,2-3,13-15H2,1H3. The Bertz CT molecular complexity index is 1130. The Balaban J connectivity index is 1.28. The molecule has 0 spiro atoms. The molecule has 3 aromatic carbocycles. The number of aryl methyl sites for hydroxylation is 1. The number of hydrogen-bond acceptors (Lipinski definition) is 3. The first-order valence-corrected chi connectivity index (χ1v) is 11.2. The van der Waals surface area contributed by atoms with Gasteiger partial charge >= 0.3 is 0 Å². The van der Waals surface area contributed by atoms with Crippen LogP contribution in [0, 0.1) is 23.4 Å². The summed E-state index contributed by atoms with van der Waals surface area (Å²) in [5, 5.41) is 0. The molecule has 3 aromatic rings. The van der Waals surface area contributed by atoms with Crippen molar-refractivity contribution in [3.8, 4) is 22.3 Å². The summed E-state index contributed by atoms with van der Waals surface area (Å²) in [5.41, 5.74) is 3.19. The quantitative estimate of drug-likeness (QED) is 0.401. The highest BCUT2D eigenvalue weighted by molar-refractivity contribution is 5.71. The molecule has 2 aliphatic rings. The second-order valence-corrected chi connectivity index (χ2v) is 8.67. The van der Waals surface area contributed by atoms with Crippen molar-refractivity contribution in [2.75, 3.05) is 19.8 Å². The fourth-order valence-corrected chi connectivity index (χ4v) is 4.20. The highest BCUT2D eigenvalue weighted by Crippen LogP contribution is 2.36. The number of epoxide rings is 1. The van der Waals surface area contributed by atoms with Crippen LogP contribution in [-0.2, 0) is 20.6 Å². The minimum absolute atomic E-state index is 0.170. The van der Waals surface area contributed by atoms with E-state index in [1.54, 1.807) is 42.5 Å². The lowest BCUT2D eigenvalue weighted by atomic mass is 9.96. The van der Waals surface area contributed by atoms with E-state index in [0.717, 1.165) is 17.5 Å². The van der Waals surface area contributed by atoms with Crippen molar-refractivity contribution < 1.29 is 27.4 Å². The zero-order valence-electron chi connectivity index (χ0n) is 18.3. The molecule has 3 nitrogen and oxygen atoms in total. The molecular formula is C27H25F3O3. The molecule has 5 rings (SSSR count). The molecule has 33 heavy (non-hydrogen) atoms. The number of halogens is 3. The highest BCUT2D eigenvalue weighted by Gasteiger charge is 2.30. The molecule has 172 valence electrons. The summed E-state index contributed by atoms with van der Waals surface area (Å²) in [5.74, 6) is -1.73. The number of ether oxygens (including phenoxy) is 3. The first-order chi connectivity index (χ1) is 16.0. The van der Waals surface area contributed by atoms with E-state index in [4.69, 9.17) is 14.2 Å². The maximum atomic E-state index is 14.7. The van der Waals surface area contributed by atoms with E-state index in [1.807, 2.05) is 13.0 Å². The Morgan fingerprint density at radius 1 is 0.758 bits per heavy atom. The molecule has 0 bridgehead atoms. The van der Waals surface area contributed by atoms with Crippen LogP contribution in [0.15, 0.2) is 54.6 Å². The van der Waals surface area contributed by atoms with Gasteiger partial charge in [0.15, 0.2) is 17.9 Å². The molecule has 0 aliphatic carbocycles. The summed E-state index contributed by atoms with van der Waals surface area (Å²) in [6, 6.07) is 15.4. The van der Waals surface area contributed by atoms with Gasteiger partial charge in [-0.05, 0) is 48.1 Å². The molecule has 2 heterocycles. The van der Waals surface area contributed by atoms with Gasteiger partial charge in [0.1, 0.15) is 11.9 Å². The Labute approximate surface area is 191 Å². The average Bonchev–Trinajstić information content (AvgIpc) is 3.67. The first kappa shape index (κ1) is 22.1. The third-order valence-corrected chi connectivity index (χ3v) is 6.33. The lowest BCUT2D eigenvalue weighted by Crippen LogP contribution is -2.30. The molecule has 2 aliphatic heterocycles. The van der Waals surface area contributed by atoms with Crippen LogP contribution in [0.5, 0.6) is 0 Å². The third-order valence-electron chi connectivity index (χ3n) is 6.33. The van der Waals surface area contributed by atoms with Gasteiger partial charge in [0.25, 0.3) is 0 Å². The zero-order chi connectivity index (χ0) is 22.9. The normalized spacial score (nSPS) is 22.4. The van der Waals surface area contributed by atoms with Crippen LogP contribution in [0.4, 0.5) is 13.2 Å². The Kier molecular flexibility index (Phi) is 6.23. The summed E-state index contributed by atoms with van der Waals surface area (Å²) in [6.45, 7) is 3.56. The van der Waals surface area contributed by atoms with Gasteiger partial charge in [0, 0.05) is 17.0 Å². The van der Waals surface area contributed by atoms with Crippen molar-refractivity contribution in [2.24, 2.45) is 5.92 Å². The van der Waals surface area contributed by atoms with E-state index >= 15 is 0 Å². The lowest BCUT2D eigenvalue weighted by Gasteiger charge is -2.27. The molecule has 0 saturated carbocycles.